The van der Waals surface area contributed by atoms with E-state index in [9.17, 15) is 13.2 Å². The minimum Gasteiger partial charge on any atom is -0.366 e. The maximum absolute atomic E-state index is 12.1. The van der Waals surface area contributed by atoms with E-state index in [0.717, 1.165) is 6.54 Å². The molecule has 2 rings (SSSR count). The van der Waals surface area contributed by atoms with Crippen molar-refractivity contribution in [2.24, 2.45) is 0 Å². The van der Waals surface area contributed by atoms with Gasteiger partial charge in [0.25, 0.3) is 5.91 Å². The van der Waals surface area contributed by atoms with Crippen molar-refractivity contribution in [2.45, 2.75) is 19.4 Å². The number of ether oxygens (including phenoxy) is 1. The number of carbonyl (C=O) groups excluding carboxylic acids is 1. The van der Waals surface area contributed by atoms with E-state index >= 15 is 0 Å². The standard InChI is InChI=1S/C14H21N3O4S/c1-2-8-22(19,20)17-12-5-3-4-11(9-12)16-14(18)13-10-15-6-7-21-13/h3-5,9,13,15,17H,2,6-8,10H2,1H3,(H,16,18). The number of sulfonamides is 1. The summed E-state index contributed by atoms with van der Waals surface area (Å²) in [5.74, 6) is -0.189. The van der Waals surface area contributed by atoms with Gasteiger partial charge >= 0.3 is 0 Å². The Bertz CT molecular complexity index is 612. The van der Waals surface area contributed by atoms with Gasteiger partial charge in [-0.2, -0.15) is 0 Å². The van der Waals surface area contributed by atoms with Crippen molar-refractivity contribution in [3.8, 4) is 0 Å². The summed E-state index contributed by atoms with van der Waals surface area (Å²) in [5, 5.41) is 5.81. The fourth-order valence-electron chi connectivity index (χ4n) is 2.12. The highest BCUT2D eigenvalue weighted by molar-refractivity contribution is 7.92. The Morgan fingerprint density at radius 2 is 2.18 bits per heavy atom. The zero-order valence-electron chi connectivity index (χ0n) is 12.5. The van der Waals surface area contributed by atoms with Crippen LogP contribution in [0.3, 0.4) is 0 Å². The lowest BCUT2D eigenvalue weighted by Crippen LogP contribution is -2.45. The molecule has 0 spiro atoms. The fraction of sp³-hybridized carbons (Fsp3) is 0.500. The molecule has 3 N–H and O–H groups in total. The summed E-state index contributed by atoms with van der Waals surface area (Å²) in [6.07, 6.45) is 0.00631. The lowest BCUT2D eigenvalue weighted by molar-refractivity contribution is -0.128. The van der Waals surface area contributed by atoms with E-state index < -0.39 is 16.1 Å². The van der Waals surface area contributed by atoms with E-state index in [4.69, 9.17) is 4.74 Å². The van der Waals surface area contributed by atoms with E-state index in [0.29, 0.717) is 30.9 Å². The Balaban J connectivity index is 2.00. The molecule has 122 valence electrons. The van der Waals surface area contributed by atoms with Crippen LogP contribution in [0, 0.1) is 0 Å². The topological polar surface area (TPSA) is 96.5 Å². The van der Waals surface area contributed by atoms with Gasteiger partial charge < -0.3 is 15.4 Å². The van der Waals surface area contributed by atoms with Gasteiger partial charge in [0.2, 0.25) is 10.0 Å². The molecule has 1 aromatic rings. The van der Waals surface area contributed by atoms with Crippen molar-refractivity contribution >= 4 is 27.3 Å². The number of rotatable bonds is 6. The third-order valence-electron chi connectivity index (χ3n) is 3.10. The fourth-order valence-corrected chi connectivity index (χ4v) is 3.24. The molecule has 1 amide bonds. The van der Waals surface area contributed by atoms with Gasteiger partial charge in [-0.05, 0) is 24.6 Å². The molecule has 1 aliphatic heterocycles. The largest absolute Gasteiger partial charge is 0.366 e. The molecule has 1 aromatic carbocycles. The Labute approximate surface area is 130 Å². The van der Waals surface area contributed by atoms with E-state index in [1.807, 2.05) is 0 Å². The van der Waals surface area contributed by atoms with Gasteiger partial charge in [-0.1, -0.05) is 13.0 Å². The Morgan fingerprint density at radius 3 is 2.86 bits per heavy atom. The van der Waals surface area contributed by atoms with Crippen molar-refractivity contribution in [3.63, 3.8) is 0 Å². The van der Waals surface area contributed by atoms with E-state index in [2.05, 4.69) is 15.4 Å². The lowest BCUT2D eigenvalue weighted by atomic mass is 10.2. The summed E-state index contributed by atoms with van der Waals surface area (Å²) >= 11 is 0. The summed E-state index contributed by atoms with van der Waals surface area (Å²) in [6.45, 7) is 3.50. The molecule has 22 heavy (non-hydrogen) atoms. The average molecular weight is 327 g/mol. The molecule has 1 saturated heterocycles. The highest BCUT2D eigenvalue weighted by atomic mass is 32.2. The summed E-state index contributed by atoms with van der Waals surface area (Å²) < 4.78 is 31.4. The SMILES string of the molecule is CCCS(=O)(=O)Nc1cccc(NC(=O)C2CNCCO2)c1. The van der Waals surface area contributed by atoms with Crippen LogP contribution in [0.25, 0.3) is 0 Å². The number of hydrogen-bond acceptors (Lipinski definition) is 5. The Kier molecular flexibility index (Phi) is 5.76. The minimum atomic E-state index is -3.35. The van der Waals surface area contributed by atoms with Crippen LogP contribution in [0.5, 0.6) is 0 Å². The van der Waals surface area contributed by atoms with E-state index in [-0.39, 0.29) is 11.7 Å². The molecule has 0 radical (unpaired) electrons. The highest BCUT2D eigenvalue weighted by Gasteiger charge is 2.21. The zero-order valence-corrected chi connectivity index (χ0v) is 13.3. The van der Waals surface area contributed by atoms with Crippen molar-refractivity contribution in [3.05, 3.63) is 24.3 Å². The molecule has 7 nitrogen and oxygen atoms in total. The maximum Gasteiger partial charge on any atom is 0.254 e. The van der Waals surface area contributed by atoms with Gasteiger partial charge in [-0.3, -0.25) is 9.52 Å². The van der Waals surface area contributed by atoms with Gasteiger partial charge in [0.15, 0.2) is 0 Å². The smallest absolute Gasteiger partial charge is 0.254 e. The molecule has 0 aromatic heterocycles. The van der Waals surface area contributed by atoms with Gasteiger partial charge in [-0.25, -0.2) is 8.42 Å². The van der Waals surface area contributed by atoms with Gasteiger partial charge in [-0.15, -0.1) is 0 Å². The van der Waals surface area contributed by atoms with Crippen molar-refractivity contribution in [1.29, 1.82) is 0 Å². The number of hydrogen-bond donors (Lipinski definition) is 3. The number of amides is 1. The Hall–Kier alpha value is -1.64. The first-order valence-electron chi connectivity index (χ1n) is 7.24. The third-order valence-corrected chi connectivity index (χ3v) is 4.59. The molecular weight excluding hydrogens is 306 g/mol. The molecule has 1 atom stereocenters. The molecule has 1 unspecified atom stereocenters. The van der Waals surface area contributed by atoms with Crippen LogP contribution in [-0.4, -0.2) is 45.9 Å². The molecule has 0 aliphatic carbocycles. The molecule has 1 fully saturated rings. The summed E-state index contributed by atoms with van der Waals surface area (Å²) in [5.41, 5.74) is 0.949. The van der Waals surface area contributed by atoms with Gasteiger partial charge in [0, 0.05) is 18.8 Å². The van der Waals surface area contributed by atoms with Crippen LogP contribution in [0.2, 0.25) is 0 Å². The van der Waals surface area contributed by atoms with Crippen LogP contribution >= 0.6 is 0 Å². The lowest BCUT2D eigenvalue weighted by Gasteiger charge is -2.22. The molecule has 0 bridgehead atoms. The molecule has 8 heteroatoms. The number of nitrogens with one attached hydrogen (secondary N) is 3. The second kappa shape index (κ2) is 7.57. The third kappa shape index (κ3) is 4.97. The zero-order chi connectivity index (χ0) is 16.0. The van der Waals surface area contributed by atoms with Crippen LogP contribution in [0.1, 0.15) is 13.3 Å². The number of anilines is 2. The monoisotopic (exact) mass is 327 g/mol. The minimum absolute atomic E-state index is 0.0607. The first-order chi connectivity index (χ1) is 10.5. The summed E-state index contributed by atoms with van der Waals surface area (Å²) in [4.78, 5) is 12.1. The summed E-state index contributed by atoms with van der Waals surface area (Å²) in [6, 6.07) is 6.61. The number of morpholine rings is 1. The second-order valence-electron chi connectivity index (χ2n) is 5.05. The normalized spacial score (nSPS) is 18.7. The first kappa shape index (κ1) is 16.7. The van der Waals surface area contributed by atoms with Crippen LogP contribution in [0.15, 0.2) is 24.3 Å². The number of benzene rings is 1. The van der Waals surface area contributed by atoms with Gasteiger partial charge in [0.1, 0.15) is 6.10 Å². The van der Waals surface area contributed by atoms with Crippen LogP contribution in [0.4, 0.5) is 11.4 Å². The maximum atomic E-state index is 12.1. The predicted molar refractivity (Wildman–Crippen MR) is 85.4 cm³/mol. The van der Waals surface area contributed by atoms with Gasteiger partial charge in [0.05, 0.1) is 18.0 Å². The molecule has 1 heterocycles. The van der Waals surface area contributed by atoms with Crippen molar-refractivity contribution in [2.75, 3.05) is 35.5 Å². The van der Waals surface area contributed by atoms with Crippen molar-refractivity contribution < 1.29 is 17.9 Å². The highest BCUT2D eigenvalue weighted by Crippen LogP contribution is 2.17. The quantitative estimate of drug-likeness (QED) is 0.717. The predicted octanol–water partition coefficient (Wildman–Crippen LogP) is 0.765. The molecule has 1 aliphatic rings. The van der Waals surface area contributed by atoms with E-state index in [1.54, 1.807) is 31.2 Å². The second-order valence-corrected chi connectivity index (χ2v) is 6.90. The van der Waals surface area contributed by atoms with Crippen LogP contribution < -0.4 is 15.4 Å². The summed E-state index contributed by atoms with van der Waals surface area (Å²) in [7, 11) is -3.35. The molecule has 0 saturated carbocycles. The van der Waals surface area contributed by atoms with E-state index in [1.165, 1.54) is 0 Å². The Morgan fingerprint density at radius 1 is 1.41 bits per heavy atom. The van der Waals surface area contributed by atoms with Crippen LogP contribution in [-0.2, 0) is 19.6 Å². The molecular formula is C14H21N3O4S. The average Bonchev–Trinajstić information content (AvgIpc) is 2.48. The number of carbonyl (C=O) groups is 1. The van der Waals surface area contributed by atoms with Crippen molar-refractivity contribution in [1.82, 2.24) is 5.32 Å². The first-order valence-corrected chi connectivity index (χ1v) is 8.89.